The molecule has 3 rings (SSSR count). The van der Waals surface area contributed by atoms with Crippen molar-refractivity contribution < 1.29 is 9.59 Å². The van der Waals surface area contributed by atoms with Gasteiger partial charge in [-0.25, -0.2) is 4.90 Å². The van der Waals surface area contributed by atoms with Gasteiger partial charge in [-0.05, 0) is 31.0 Å². The van der Waals surface area contributed by atoms with E-state index in [1.807, 2.05) is 6.07 Å². The number of hydrogen-bond acceptors (Lipinski definition) is 3. The van der Waals surface area contributed by atoms with Gasteiger partial charge >= 0.3 is 0 Å². The third kappa shape index (κ3) is 1.79. The molecule has 0 N–H and O–H groups in total. The SMILES string of the molecule is N#Cc1ccc(Br)cc1N1C(=O)C2CCCC2C1=O. The Morgan fingerprint density at radius 1 is 1.21 bits per heavy atom. The third-order valence-corrected chi connectivity index (χ3v) is 4.41. The molecule has 1 saturated heterocycles. The summed E-state index contributed by atoms with van der Waals surface area (Å²) >= 11 is 3.32. The molecule has 2 fully saturated rings. The van der Waals surface area contributed by atoms with Gasteiger partial charge in [0.15, 0.2) is 0 Å². The number of halogens is 1. The zero-order valence-corrected chi connectivity index (χ0v) is 11.7. The molecule has 2 atom stereocenters. The maximum Gasteiger partial charge on any atom is 0.237 e. The number of fused-ring (bicyclic) bond motifs is 1. The number of hydrogen-bond donors (Lipinski definition) is 0. The maximum atomic E-state index is 12.4. The standard InChI is InChI=1S/C14H11BrN2O2/c15-9-5-4-8(7-16)12(6-9)17-13(18)10-2-1-3-11(10)14(17)19/h4-6,10-11H,1-3H2. The zero-order chi connectivity index (χ0) is 13.6. The second kappa shape index (κ2) is 4.46. The predicted molar refractivity (Wildman–Crippen MR) is 72.2 cm³/mol. The van der Waals surface area contributed by atoms with Crippen LogP contribution in [0.4, 0.5) is 5.69 Å². The Bertz CT molecular complexity index is 598. The molecule has 1 saturated carbocycles. The van der Waals surface area contributed by atoms with Crippen LogP contribution >= 0.6 is 15.9 Å². The van der Waals surface area contributed by atoms with Gasteiger partial charge < -0.3 is 0 Å². The van der Waals surface area contributed by atoms with Gasteiger partial charge in [0.2, 0.25) is 11.8 Å². The van der Waals surface area contributed by atoms with Gasteiger partial charge in [0, 0.05) is 4.47 Å². The first-order valence-corrected chi connectivity index (χ1v) is 7.00. The van der Waals surface area contributed by atoms with Crippen LogP contribution in [0.15, 0.2) is 22.7 Å². The molecule has 1 aliphatic carbocycles. The fourth-order valence-corrected chi connectivity index (χ4v) is 3.36. The van der Waals surface area contributed by atoms with Crippen molar-refractivity contribution in [3.8, 4) is 6.07 Å². The number of amides is 2. The fourth-order valence-electron chi connectivity index (χ4n) is 3.01. The highest BCUT2D eigenvalue weighted by molar-refractivity contribution is 9.10. The molecule has 4 nitrogen and oxygen atoms in total. The molecule has 1 aromatic carbocycles. The van der Waals surface area contributed by atoms with E-state index in [9.17, 15) is 9.59 Å². The van der Waals surface area contributed by atoms with E-state index in [1.165, 1.54) is 4.90 Å². The van der Waals surface area contributed by atoms with Crippen molar-refractivity contribution in [2.45, 2.75) is 19.3 Å². The molecule has 2 aliphatic rings. The predicted octanol–water partition coefficient (Wildman–Crippen LogP) is 2.61. The van der Waals surface area contributed by atoms with Gasteiger partial charge in [0.25, 0.3) is 0 Å². The van der Waals surface area contributed by atoms with Gasteiger partial charge in [0.05, 0.1) is 23.1 Å². The number of anilines is 1. The summed E-state index contributed by atoms with van der Waals surface area (Å²) in [5.41, 5.74) is 0.756. The summed E-state index contributed by atoms with van der Waals surface area (Å²) < 4.78 is 0.749. The van der Waals surface area contributed by atoms with E-state index in [4.69, 9.17) is 5.26 Å². The Hall–Kier alpha value is -1.67. The zero-order valence-electron chi connectivity index (χ0n) is 10.1. The summed E-state index contributed by atoms with van der Waals surface area (Å²) in [5.74, 6) is -0.666. The van der Waals surface area contributed by atoms with Crippen molar-refractivity contribution in [3.05, 3.63) is 28.2 Å². The van der Waals surface area contributed by atoms with Crippen molar-refractivity contribution in [1.82, 2.24) is 0 Å². The van der Waals surface area contributed by atoms with Crippen molar-refractivity contribution in [1.29, 1.82) is 5.26 Å². The van der Waals surface area contributed by atoms with Gasteiger partial charge in [0.1, 0.15) is 6.07 Å². The lowest BCUT2D eigenvalue weighted by atomic mass is 10.00. The van der Waals surface area contributed by atoms with Crippen molar-refractivity contribution in [3.63, 3.8) is 0 Å². The van der Waals surface area contributed by atoms with Crippen LogP contribution < -0.4 is 4.90 Å². The van der Waals surface area contributed by atoms with Gasteiger partial charge in [-0.2, -0.15) is 5.26 Å². The average Bonchev–Trinajstić information content (AvgIpc) is 2.95. The van der Waals surface area contributed by atoms with E-state index in [-0.39, 0.29) is 23.7 Å². The summed E-state index contributed by atoms with van der Waals surface area (Å²) in [6, 6.07) is 7.05. The molecule has 19 heavy (non-hydrogen) atoms. The van der Waals surface area contributed by atoms with E-state index >= 15 is 0 Å². The monoisotopic (exact) mass is 318 g/mol. The number of imide groups is 1. The molecular weight excluding hydrogens is 308 g/mol. The van der Waals surface area contributed by atoms with Crippen LogP contribution in [0.3, 0.4) is 0 Å². The largest absolute Gasteiger partial charge is 0.274 e. The van der Waals surface area contributed by atoms with Crippen molar-refractivity contribution in [2.24, 2.45) is 11.8 Å². The summed E-state index contributed by atoms with van der Waals surface area (Å²) in [5, 5.41) is 9.13. The van der Waals surface area contributed by atoms with Crippen LogP contribution in [0.5, 0.6) is 0 Å². The minimum Gasteiger partial charge on any atom is -0.274 e. The van der Waals surface area contributed by atoms with Crippen LogP contribution in [0.1, 0.15) is 24.8 Å². The molecule has 2 amide bonds. The molecular formula is C14H11BrN2O2. The first-order valence-electron chi connectivity index (χ1n) is 6.21. The molecule has 0 spiro atoms. The summed E-state index contributed by atoms with van der Waals surface area (Å²) in [4.78, 5) is 25.9. The Labute approximate surface area is 119 Å². The third-order valence-electron chi connectivity index (χ3n) is 3.91. The lowest BCUT2D eigenvalue weighted by Crippen LogP contribution is -2.32. The van der Waals surface area contributed by atoms with Crippen LogP contribution in [0, 0.1) is 23.2 Å². The molecule has 5 heteroatoms. The molecule has 96 valence electrons. The van der Waals surface area contributed by atoms with Crippen LogP contribution in [-0.4, -0.2) is 11.8 Å². The molecule has 1 aliphatic heterocycles. The topological polar surface area (TPSA) is 61.2 Å². The quantitative estimate of drug-likeness (QED) is 0.748. The van der Waals surface area contributed by atoms with Crippen LogP contribution in [-0.2, 0) is 9.59 Å². The summed E-state index contributed by atoms with van der Waals surface area (Å²) in [6.07, 6.45) is 2.49. The number of rotatable bonds is 1. The van der Waals surface area contributed by atoms with Crippen molar-refractivity contribution in [2.75, 3.05) is 4.90 Å². The molecule has 0 aromatic heterocycles. The molecule has 0 radical (unpaired) electrons. The smallest absolute Gasteiger partial charge is 0.237 e. The minimum atomic E-state index is -0.182. The Balaban J connectivity index is 2.08. The Kier molecular flexibility index (Phi) is 2.90. The van der Waals surface area contributed by atoms with Crippen LogP contribution in [0.2, 0.25) is 0 Å². The minimum absolute atomic E-state index is 0.151. The number of benzene rings is 1. The lowest BCUT2D eigenvalue weighted by Gasteiger charge is -2.17. The average molecular weight is 319 g/mol. The first kappa shape index (κ1) is 12.4. The van der Waals surface area contributed by atoms with Crippen LogP contribution in [0.25, 0.3) is 0 Å². The van der Waals surface area contributed by atoms with Gasteiger partial charge in [-0.15, -0.1) is 0 Å². The normalized spacial score (nSPS) is 25.6. The second-order valence-corrected chi connectivity index (χ2v) is 5.84. The van der Waals surface area contributed by atoms with Crippen molar-refractivity contribution >= 4 is 33.4 Å². The number of carbonyl (C=O) groups is 2. The first-order chi connectivity index (χ1) is 9.13. The molecule has 1 aromatic rings. The highest BCUT2D eigenvalue weighted by atomic mass is 79.9. The summed E-state index contributed by atoms with van der Waals surface area (Å²) in [6.45, 7) is 0. The highest BCUT2D eigenvalue weighted by Crippen LogP contribution is 2.42. The Morgan fingerprint density at radius 2 is 1.84 bits per heavy atom. The fraction of sp³-hybridized carbons (Fsp3) is 0.357. The molecule has 1 heterocycles. The Morgan fingerprint density at radius 3 is 2.42 bits per heavy atom. The van der Waals surface area contributed by atoms with Gasteiger partial charge in [-0.1, -0.05) is 22.4 Å². The van der Waals surface area contributed by atoms with E-state index < -0.39 is 0 Å². The van der Waals surface area contributed by atoms with Gasteiger partial charge in [-0.3, -0.25) is 9.59 Å². The number of carbonyl (C=O) groups excluding carboxylic acids is 2. The summed E-state index contributed by atoms with van der Waals surface area (Å²) in [7, 11) is 0. The van der Waals surface area contributed by atoms with E-state index in [0.717, 1.165) is 23.7 Å². The lowest BCUT2D eigenvalue weighted by molar-refractivity contribution is -0.122. The molecule has 0 bridgehead atoms. The van der Waals surface area contributed by atoms with E-state index in [1.54, 1.807) is 18.2 Å². The number of nitriles is 1. The second-order valence-electron chi connectivity index (χ2n) is 4.93. The molecule has 2 unspecified atom stereocenters. The number of nitrogens with zero attached hydrogens (tertiary/aromatic N) is 2. The van der Waals surface area contributed by atoms with E-state index in [0.29, 0.717) is 11.3 Å². The highest BCUT2D eigenvalue weighted by Gasteiger charge is 2.50. The maximum absolute atomic E-state index is 12.4. The van der Waals surface area contributed by atoms with E-state index in [2.05, 4.69) is 15.9 Å².